The summed E-state index contributed by atoms with van der Waals surface area (Å²) in [6.45, 7) is 1.35. The summed E-state index contributed by atoms with van der Waals surface area (Å²) in [5.74, 6) is 1.20. The number of hydrogen-bond donors (Lipinski definition) is 0. The molecular formula is C20H19N3O4. The van der Waals surface area contributed by atoms with Crippen LogP contribution < -0.4 is 15.0 Å². The monoisotopic (exact) mass is 365 g/mol. The third kappa shape index (κ3) is 3.48. The van der Waals surface area contributed by atoms with Crippen LogP contribution in [0.1, 0.15) is 5.56 Å². The lowest BCUT2D eigenvalue weighted by molar-refractivity contribution is -0.131. The van der Waals surface area contributed by atoms with Gasteiger partial charge >= 0.3 is 0 Å². The minimum absolute atomic E-state index is 0.106. The molecule has 0 saturated carbocycles. The molecule has 1 aliphatic heterocycles. The summed E-state index contributed by atoms with van der Waals surface area (Å²) in [5.41, 5.74) is 0.656. The van der Waals surface area contributed by atoms with E-state index in [0.717, 1.165) is 10.9 Å². The van der Waals surface area contributed by atoms with Gasteiger partial charge in [0.1, 0.15) is 19.8 Å². The van der Waals surface area contributed by atoms with E-state index in [1.807, 2.05) is 30.3 Å². The van der Waals surface area contributed by atoms with E-state index in [1.165, 1.54) is 4.68 Å². The van der Waals surface area contributed by atoms with Crippen LogP contribution in [0, 0.1) is 0 Å². The smallest absolute Gasteiger partial charge is 0.275 e. The summed E-state index contributed by atoms with van der Waals surface area (Å²) in [7, 11) is 1.70. The Morgan fingerprint density at radius 1 is 1.15 bits per heavy atom. The third-order valence-corrected chi connectivity index (χ3v) is 4.50. The average molecular weight is 365 g/mol. The van der Waals surface area contributed by atoms with Crippen LogP contribution in [0.3, 0.4) is 0 Å². The number of ether oxygens (including phenoxy) is 2. The lowest BCUT2D eigenvalue weighted by Crippen LogP contribution is -2.34. The maximum absolute atomic E-state index is 12.6. The zero-order valence-corrected chi connectivity index (χ0v) is 14.9. The van der Waals surface area contributed by atoms with Crippen LogP contribution in [0.4, 0.5) is 0 Å². The third-order valence-electron chi connectivity index (χ3n) is 4.50. The highest BCUT2D eigenvalue weighted by Crippen LogP contribution is 2.31. The Morgan fingerprint density at radius 3 is 2.78 bits per heavy atom. The summed E-state index contributed by atoms with van der Waals surface area (Å²) in [6, 6.07) is 12.8. The SMILES string of the molecule is CN(Cc1ccc2c(c1)OCCO2)C(=O)Cn1ncc2ccccc2c1=O. The van der Waals surface area contributed by atoms with E-state index in [0.29, 0.717) is 36.6 Å². The first-order valence-electron chi connectivity index (χ1n) is 8.69. The summed E-state index contributed by atoms with van der Waals surface area (Å²) >= 11 is 0. The van der Waals surface area contributed by atoms with Crippen molar-refractivity contribution in [2.75, 3.05) is 20.3 Å². The van der Waals surface area contributed by atoms with Crippen LogP contribution in [-0.2, 0) is 17.9 Å². The van der Waals surface area contributed by atoms with E-state index in [9.17, 15) is 9.59 Å². The molecule has 1 aromatic heterocycles. The van der Waals surface area contributed by atoms with Crippen LogP contribution >= 0.6 is 0 Å². The zero-order chi connectivity index (χ0) is 18.8. The molecule has 138 valence electrons. The van der Waals surface area contributed by atoms with Crippen molar-refractivity contribution in [2.45, 2.75) is 13.1 Å². The van der Waals surface area contributed by atoms with E-state index in [4.69, 9.17) is 9.47 Å². The molecule has 27 heavy (non-hydrogen) atoms. The number of rotatable bonds is 4. The highest BCUT2D eigenvalue weighted by atomic mass is 16.6. The van der Waals surface area contributed by atoms with Gasteiger partial charge in [0.15, 0.2) is 11.5 Å². The molecule has 0 bridgehead atoms. The maximum Gasteiger partial charge on any atom is 0.275 e. The van der Waals surface area contributed by atoms with Gasteiger partial charge in [0, 0.05) is 19.0 Å². The van der Waals surface area contributed by atoms with Crippen LogP contribution in [0.15, 0.2) is 53.5 Å². The molecule has 0 unspecified atom stereocenters. The Bertz CT molecular complexity index is 1060. The number of fused-ring (bicyclic) bond motifs is 2. The van der Waals surface area contributed by atoms with E-state index >= 15 is 0 Å². The molecule has 7 nitrogen and oxygen atoms in total. The normalized spacial score (nSPS) is 12.8. The fraction of sp³-hybridized carbons (Fsp3) is 0.250. The van der Waals surface area contributed by atoms with E-state index in [1.54, 1.807) is 30.3 Å². The second-order valence-corrected chi connectivity index (χ2v) is 6.42. The van der Waals surface area contributed by atoms with Gasteiger partial charge < -0.3 is 14.4 Å². The molecule has 2 heterocycles. The van der Waals surface area contributed by atoms with Gasteiger partial charge in [-0.1, -0.05) is 24.3 Å². The van der Waals surface area contributed by atoms with Crippen molar-refractivity contribution in [3.05, 3.63) is 64.6 Å². The molecular weight excluding hydrogens is 346 g/mol. The number of carbonyl (C=O) groups is 1. The fourth-order valence-electron chi connectivity index (χ4n) is 3.04. The topological polar surface area (TPSA) is 73.7 Å². The molecule has 0 aliphatic carbocycles. The Labute approximate surface area is 155 Å². The molecule has 1 amide bonds. The first kappa shape index (κ1) is 17.1. The molecule has 4 rings (SSSR count). The maximum atomic E-state index is 12.6. The minimum Gasteiger partial charge on any atom is -0.486 e. The van der Waals surface area contributed by atoms with Crippen molar-refractivity contribution in [3.8, 4) is 11.5 Å². The molecule has 0 fully saturated rings. The van der Waals surface area contributed by atoms with Gasteiger partial charge in [0.2, 0.25) is 5.91 Å². The summed E-state index contributed by atoms with van der Waals surface area (Å²) < 4.78 is 12.3. The second kappa shape index (κ2) is 7.11. The van der Waals surface area contributed by atoms with Crippen molar-refractivity contribution in [1.29, 1.82) is 0 Å². The Hall–Kier alpha value is -3.35. The summed E-state index contributed by atoms with van der Waals surface area (Å²) in [6.07, 6.45) is 1.60. The Balaban J connectivity index is 1.48. The van der Waals surface area contributed by atoms with Gasteiger partial charge in [0.25, 0.3) is 5.56 Å². The molecule has 2 aromatic carbocycles. The number of nitrogens with zero attached hydrogens (tertiary/aromatic N) is 3. The van der Waals surface area contributed by atoms with Crippen LogP contribution in [0.2, 0.25) is 0 Å². The van der Waals surface area contributed by atoms with Crippen LogP contribution in [0.5, 0.6) is 11.5 Å². The van der Waals surface area contributed by atoms with Gasteiger partial charge in [-0.15, -0.1) is 0 Å². The molecule has 0 radical (unpaired) electrons. The predicted molar refractivity (Wildman–Crippen MR) is 99.9 cm³/mol. The van der Waals surface area contributed by atoms with Gasteiger partial charge in [-0.2, -0.15) is 5.10 Å². The Morgan fingerprint density at radius 2 is 1.93 bits per heavy atom. The zero-order valence-electron chi connectivity index (χ0n) is 14.9. The lowest BCUT2D eigenvalue weighted by atomic mass is 10.2. The second-order valence-electron chi connectivity index (χ2n) is 6.42. The number of benzene rings is 2. The number of aromatic nitrogens is 2. The predicted octanol–water partition coefficient (Wildman–Crippen LogP) is 1.83. The van der Waals surface area contributed by atoms with Gasteiger partial charge in [-0.25, -0.2) is 4.68 Å². The molecule has 0 N–H and O–H groups in total. The van der Waals surface area contributed by atoms with E-state index in [-0.39, 0.29) is 18.0 Å². The summed E-state index contributed by atoms with van der Waals surface area (Å²) in [4.78, 5) is 26.6. The number of carbonyl (C=O) groups excluding carboxylic acids is 1. The van der Waals surface area contributed by atoms with Crippen molar-refractivity contribution < 1.29 is 14.3 Å². The average Bonchev–Trinajstić information content (AvgIpc) is 2.70. The van der Waals surface area contributed by atoms with Gasteiger partial charge in [-0.3, -0.25) is 9.59 Å². The quantitative estimate of drug-likeness (QED) is 0.705. The fourth-order valence-corrected chi connectivity index (χ4v) is 3.04. The number of likely N-dealkylation sites (N-methyl/N-ethyl adjacent to an activating group) is 1. The largest absolute Gasteiger partial charge is 0.486 e. The summed E-state index contributed by atoms with van der Waals surface area (Å²) in [5, 5.41) is 5.42. The van der Waals surface area contributed by atoms with Crippen molar-refractivity contribution in [2.24, 2.45) is 0 Å². The lowest BCUT2D eigenvalue weighted by Gasteiger charge is -2.21. The van der Waals surface area contributed by atoms with Crippen molar-refractivity contribution in [1.82, 2.24) is 14.7 Å². The Kier molecular flexibility index (Phi) is 4.50. The molecule has 3 aromatic rings. The van der Waals surface area contributed by atoms with Gasteiger partial charge in [-0.05, 0) is 23.8 Å². The first-order valence-corrected chi connectivity index (χ1v) is 8.69. The molecule has 0 spiro atoms. The van der Waals surface area contributed by atoms with Crippen LogP contribution in [-0.4, -0.2) is 40.8 Å². The molecule has 0 saturated heterocycles. The van der Waals surface area contributed by atoms with Crippen molar-refractivity contribution >= 4 is 16.7 Å². The van der Waals surface area contributed by atoms with E-state index < -0.39 is 0 Å². The molecule has 1 aliphatic rings. The highest BCUT2D eigenvalue weighted by Gasteiger charge is 2.16. The molecule has 0 atom stereocenters. The highest BCUT2D eigenvalue weighted by molar-refractivity contribution is 5.81. The molecule has 7 heteroatoms. The minimum atomic E-state index is -0.269. The van der Waals surface area contributed by atoms with Crippen molar-refractivity contribution in [3.63, 3.8) is 0 Å². The number of amides is 1. The van der Waals surface area contributed by atoms with Crippen LogP contribution in [0.25, 0.3) is 10.8 Å². The first-order chi connectivity index (χ1) is 13.1. The standard InChI is InChI=1S/C20H19N3O4/c1-22(12-14-6-7-17-18(10-14)27-9-8-26-17)19(24)13-23-20(25)16-5-3-2-4-15(16)11-21-23/h2-7,10-11H,8-9,12-13H2,1H3. The van der Waals surface area contributed by atoms with Gasteiger partial charge in [0.05, 0.1) is 11.6 Å². The van der Waals surface area contributed by atoms with E-state index in [2.05, 4.69) is 5.10 Å². The number of hydrogen-bond acceptors (Lipinski definition) is 5.